The van der Waals surface area contributed by atoms with E-state index in [4.69, 9.17) is 21.6 Å². The average Bonchev–Trinajstić information content (AvgIpc) is 3.24. The Morgan fingerprint density at radius 1 is 0.977 bits per heavy atom. The molecule has 1 N–H and O–H groups in total. The van der Waals surface area contributed by atoms with E-state index in [9.17, 15) is 19.1 Å². The first-order valence-corrected chi connectivity index (χ1v) is 15.3. The van der Waals surface area contributed by atoms with Crippen LogP contribution in [0.3, 0.4) is 0 Å². The standard InChI is InChI=1S/C33H38ClFN6O3/c1-18-19(2)27(37-20(3)25(18)30(43)44)39-10-11-41(32(6,7)16-39)29(42)24-13-36-28-26(38-24)33(14-31(4,5)15-33)17-40(28)21-8-9-22(34)23(35)12-21/h8-9,12-13H,10-11,14-17H2,1-7H3,(H,43,44). The molecule has 0 radical (unpaired) electrons. The molecule has 2 aromatic heterocycles. The number of aromatic carboxylic acids is 1. The predicted molar refractivity (Wildman–Crippen MR) is 168 cm³/mol. The maximum atomic E-state index is 14.4. The van der Waals surface area contributed by atoms with Crippen molar-refractivity contribution in [3.63, 3.8) is 0 Å². The molecule has 2 aliphatic heterocycles. The molecule has 1 amide bonds. The number of carboxylic acids is 1. The minimum absolute atomic E-state index is 0.0656. The summed E-state index contributed by atoms with van der Waals surface area (Å²) in [4.78, 5) is 46.3. The van der Waals surface area contributed by atoms with Gasteiger partial charge in [-0.2, -0.15) is 0 Å². The van der Waals surface area contributed by atoms with Crippen LogP contribution in [-0.2, 0) is 5.41 Å². The summed E-state index contributed by atoms with van der Waals surface area (Å²) < 4.78 is 14.4. The molecule has 232 valence electrons. The molecular formula is C33H38ClFN6O3. The average molecular weight is 621 g/mol. The van der Waals surface area contributed by atoms with Crippen LogP contribution >= 0.6 is 11.6 Å². The molecule has 6 rings (SSSR count). The Kier molecular flexibility index (Phi) is 6.96. The highest BCUT2D eigenvalue weighted by Gasteiger charge is 2.57. The molecule has 1 spiro atoms. The third-order valence-corrected chi connectivity index (χ3v) is 9.92. The number of carboxylic acid groups (broad SMARTS) is 1. The number of aromatic nitrogens is 3. The lowest BCUT2D eigenvalue weighted by Crippen LogP contribution is -2.61. The fourth-order valence-corrected chi connectivity index (χ4v) is 7.93. The first-order chi connectivity index (χ1) is 20.5. The van der Waals surface area contributed by atoms with E-state index in [1.165, 1.54) is 12.3 Å². The van der Waals surface area contributed by atoms with Gasteiger partial charge in [-0.3, -0.25) is 4.79 Å². The number of benzene rings is 1. The molecule has 4 heterocycles. The van der Waals surface area contributed by atoms with Crippen molar-refractivity contribution in [3.8, 4) is 0 Å². The monoisotopic (exact) mass is 620 g/mol. The Hall–Kier alpha value is -3.79. The second kappa shape index (κ2) is 10.1. The Balaban J connectivity index is 1.29. The fourth-order valence-electron chi connectivity index (χ4n) is 7.82. The number of fused-ring (bicyclic) bond motifs is 2. The van der Waals surface area contributed by atoms with Gasteiger partial charge in [0.1, 0.15) is 17.3 Å². The maximum Gasteiger partial charge on any atom is 0.337 e. The topological polar surface area (TPSA) is 103 Å². The molecule has 44 heavy (non-hydrogen) atoms. The summed E-state index contributed by atoms with van der Waals surface area (Å²) >= 11 is 5.96. The maximum absolute atomic E-state index is 14.4. The minimum atomic E-state index is -0.982. The summed E-state index contributed by atoms with van der Waals surface area (Å²) in [6, 6.07) is 4.76. The Bertz CT molecular complexity index is 1720. The van der Waals surface area contributed by atoms with Gasteiger partial charge in [-0.25, -0.2) is 24.1 Å². The highest BCUT2D eigenvalue weighted by Crippen LogP contribution is 2.60. The van der Waals surface area contributed by atoms with Crippen molar-refractivity contribution in [1.29, 1.82) is 0 Å². The lowest BCUT2D eigenvalue weighted by atomic mass is 9.54. The first kappa shape index (κ1) is 30.2. The van der Waals surface area contributed by atoms with Crippen LogP contribution in [0.15, 0.2) is 24.4 Å². The molecule has 1 aromatic carbocycles. The number of pyridine rings is 1. The van der Waals surface area contributed by atoms with Crippen molar-refractivity contribution >= 4 is 40.8 Å². The van der Waals surface area contributed by atoms with E-state index in [1.54, 1.807) is 19.1 Å². The number of nitrogens with zero attached hydrogens (tertiary/aromatic N) is 6. The van der Waals surface area contributed by atoms with Crippen molar-refractivity contribution in [2.75, 3.05) is 36.0 Å². The lowest BCUT2D eigenvalue weighted by Gasteiger charge is -2.51. The largest absolute Gasteiger partial charge is 0.478 e. The molecule has 9 nitrogen and oxygen atoms in total. The molecule has 2 fully saturated rings. The molecule has 1 aliphatic carbocycles. The molecule has 3 aliphatic rings. The van der Waals surface area contributed by atoms with Gasteiger partial charge in [0, 0.05) is 37.3 Å². The minimum Gasteiger partial charge on any atom is -0.478 e. The highest BCUT2D eigenvalue weighted by atomic mass is 35.5. The van der Waals surface area contributed by atoms with E-state index < -0.39 is 17.3 Å². The van der Waals surface area contributed by atoms with Crippen molar-refractivity contribution in [3.05, 3.63) is 69.0 Å². The van der Waals surface area contributed by atoms with Crippen molar-refractivity contribution in [1.82, 2.24) is 19.9 Å². The summed E-state index contributed by atoms with van der Waals surface area (Å²) in [7, 11) is 0. The van der Waals surface area contributed by atoms with E-state index in [0.29, 0.717) is 54.6 Å². The first-order valence-electron chi connectivity index (χ1n) is 14.9. The van der Waals surface area contributed by atoms with Crippen LogP contribution in [0.1, 0.15) is 83.9 Å². The van der Waals surface area contributed by atoms with Gasteiger partial charge in [0.25, 0.3) is 5.91 Å². The normalized spacial score (nSPS) is 19.6. The zero-order valence-electron chi connectivity index (χ0n) is 26.3. The number of amides is 1. The number of rotatable bonds is 4. The van der Waals surface area contributed by atoms with Crippen LogP contribution in [0, 0.1) is 32.0 Å². The molecule has 1 saturated heterocycles. The van der Waals surface area contributed by atoms with Crippen molar-refractivity contribution in [2.24, 2.45) is 5.41 Å². The third kappa shape index (κ3) is 4.78. The van der Waals surface area contributed by atoms with Crippen molar-refractivity contribution < 1.29 is 19.1 Å². The Morgan fingerprint density at radius 3 is 2.30 bits per heavy atom. The number of hydrogen-bond donors (Lipinski definition) is 1. The molecule has 1 saturated carbocycles. The van der Waals surface area contributed by atoms with Gasteiger partial charge < -0.3 is 19.8 Å². The molecule has 0 atom stereocenters. The number of carbonyl (C=O) groups excluding carboxylic acids is 1. The summed E-state index contributed by atoms with van der Waals surface area (Å²) in [6.45, 7) is 16.0. The second-order valence-corrected chi connectivity index (χ2v) is 14.5. The van der Waals surface area contributed by atoms with Gasteiger partial charge in [0.2, 0.25) is 0 Å². The van der Waals surface area contributed by atoms with Crippen LogP contribution in [0.25, 0.3) is 0 Å². The molecule has 0 unspecified atom stereocenters. The van der Waals surface area contributed by atoms with Crippen LogP contribution in [0.4, 0.5) is 21.7 Å². The van der Waals surface area contributed by atoms with Crippen LogP contribution < -0.4 is 9.80 Å². The highest BCUT2D eigenvalue weighted by molar-refractivity contribution is 6.30. The third-order valence-electron chi connectivity index (χ3n) is 9.61. The molecule has 3 aromatic rings. The molecular weight excluding hydrogens is 583 g/mol. The number of aryl methyl sites for hydroxylation is 1. The van der Waals surface area contributed by atoms with Crippen molar-refractivity contribution in [2.45, 2.75) is 72.3 Å². The number of piperazine rings is 1. The van der Waals surface area contributed by atoms with Gasteiger partial charge >= 0.3 is 5.97 Å². The molecule has 11 heteroatoms. The second-order valence-electron chi connectivity index (χ2n) is 14.1. The lowest BCUT2D eigenvalue weighted by molar-refractivity contribution is 0.0501. The summed E-state index contributed by atoms with van der Waals surface area (Å²) in [6.07, 6.45) is 3.32. The van der Waals surface area contributed by atoms with Crippen LogP contribution in [0.5, 0.6) is 0 Å². The van der Waals surface area contributed by atoms with Crippen LogP contribution in [0.2, 0.25) is 5.02 Å². The smallest absolute Gasteiger partial charge is 0.337 e. The summed E-state index contributed by atoms with van der Waals surface area (Å²) in [5.41, 5.74) is 3.28. The van der Waals surface area contributed by atoms with E-state index in [1.807, 2.05) is 37.5 Å². The number of hydrogen-bond acceptors (Lipinski definition) is 7. The number of carbonyl (C=O) groups is 2. The van der Waals surface area contributed by atoms with Gasteiger partial charge in [-0.15, -0.1) is 0 Å². The zero-order valence-corrected chi connectivity index (χ0v) is 27.0. The zero-order chi connectivity index (χ0) is 31.9. The van der Waals surface area contributed by atoms with E-state index in [0.717, 1.165) is 29.9 Å². The van der Waals surface area contributed by atoms with E-state index in [-0.39, 0.29) is 27.3 Å². The van der Waals surface area contributed by atoms with E-state index >= 15 is 0 Å². The van der Waals surface area contributed by atoms with Crippen LogP contribution in [-0.4, -0.2) is 68.6 Å². The Labute approximate surface area is 262 Å². The fraction of sp³-hybridized carbons (Fsp3) is 0.485. The predicted octanol–water partition coefficient (Wildman–Crippen LogP) is 6.24. The number of halogens is 2. The Morgan fingerprint density at radius 2 is 1.68 bits per heavy atom. The van der Waals surface area contributed by atoms with E-state index in [2.05, 4.69) is 23.7 Å². The summed E-state index contributed by atoms with van der Waals surface area (Å²) in [5.74, 6) is -0.261. The van der Waals surface area contributed by atoms with Gasteiger partial charge in [-0.1, -0.05) is 25.4 Å². The number of anilines is 3. The van der Waals surface area contributed by atoms with Gasteiger partial charge in [-0.05, 0) is 82.2 Å². The molecule has 0 bridgehead atoms. The van der Waals surface area contributed by atoms with Gasteiger partial charge in [0.15, 0.2) is 5.82 Å². The quantitative estimate of drug-likeness (QED) is 0.366. The summed E-state index contributed by atoms with van der Waals surface area (Å²) in [5, 5.41) is 9.72. The SMILES string of the molecule is Cc1nc(N2CCN(C(=O)c3cnc4c(n3)C3(CN4c4ccc(Cl)c(F)c4)CC(C)(C)C3)C(C)(C)C2)c(C)c(C)c1C(=O)O. The van der Waals surface area contributed by atoms with Gasteiger partial charge in [0.05, 0.1) is 33.7 Å².